The Balaban J connectivity index is 1.11. The summed E-state index contributed by atoms with van der Waals surface area (Å²) in [5.74, 6) is -3.83. The van der Waals surface area contributed by atoms with Gasteiger partial charge in [0.2, 0.25) is 41.4 Å². The van der Waals surface area contributed by atoms with Gasteiger partial charge in [0.15, 0.2) is 0 Å². The molecule has 418 valence electrons. The molecular weight excluding hydrogens is 1000 g/mol. The summed E-state index contributed by atoms with van der Waals surface area (Å²) < 4.78 is 0. The van der Waals surface area contributed by atoms with Crippen LogP contribution in [0.5, 0.6) is 0 Å². The molecule has 2 fully saturated rings. The molecule has 19 nitrogen and oxygen atoms in total. The highest BCUT2D eigenvalue weighted by molar-refractivity contribution is 6.04. The minimum atomic E-state index is -1.22. The lowest BCUT2D eigenvalue weighted by Gasteiger charge is -2.30. The maximum Gasteiger partial charge on any atom is 0.253 e. The number of benzene rings is 4. The summed E-state index contributed by atoms with van der Waals surface area (Å²) in [6, 6.07) is 26.1. The van der Waals surface area contributed by atoms with Gasteiger partial charge in [0, 0.05) is 51.3 Å². The summed E-state index contributed by atoms with van der Waals surface area (Å²) in [4.78, 5) is 120. The van der Waals surface area contributed by atoms with E-state index in [2.05, 4.69) is 31.9 Å². The maximum absolute atomic E-state index is 15.0. The number of amides is 8. The van der Waals surface area contributed by atoms with Crippen LogP contribution in [0.1, 0.15) is 92.4 Å². The van der Waals surface area contributed by atoms with Gasteiger partial charge in [-0.25, -0.2) is 0 Å². The van der Waals surface area contributed by atoms with E-state index in [0.29, 0.717) is 82.3 Å². The monoisotopic (exact) mass is 1080 g/mol. The second-order valence-electron chi connectivity index (χ2n) is 20.2. The number of pyridine rings is 1. The van der Waals surface area contributed by atoms with Crippen LogP contribution in [0.3, 0.4) is 0 Å². The molecule has 2 aliphatic rings. The smallest absolute Gasteiger partial charge is 0.253 e. The minimum absolute atomic E-state index is 0.0360. The summed E-state index contributed by atoms with van der Waals surface area (Å²) in [6.07, 6.45) is 6.78. The lowest BCUT2D eigenvalue weighted by atomic mass is 10.0. The van der Waals surface area contributed by atoms with Gasteiger partial charge in [0.25, 0.3) is 5.91 Å². The third kappa shape index (κ3) is 16.0. The molecule has 4 aromatic carbocycles. The molecule has 5 aromatic rings. The molecule has 2 saturated heterocycles. The highest BCUT2D eigenvalue weighted by Crippen LogP contribution is 2.26. The van der Waals surface area contributed by atoms with Gasteiger partial charge >= 0.3 is 0 Å². The number of hydrogen-bond donors (Lipinski definition) is 8. The standard InChI is InChI=1S/C60H75N11O8/c1-3-46-45(37-44-36-42-22-10-11-23-43(42)38-49(44)66-46)54(73)67-48(60(79)71-33-15-27-53(71)58(77)69-51(56(75)64-31-17-29-62)35-41-20-8-5-9-21-41)25-13-12-24-47(65-39(2)72)59(78)70-32-14-26-52(70)57(76)68-50(55(74)63-30-16-28-61)34-40-18-6-4-7-19-40/h4-13,18-23,36-38,47-48,50-53H,3,14-17,24-35,61-62H2,1-2H3,(H,63,74)(H,64,75)(H,65,72)(H,67,73)(H,68,76)(H,69,77)/b13-12+/t47?,48-,50-,51-,52-,53-/m0/s1. The molecule has 6 atom stereocenters. The Morgan fingerprint density at radius 3 is 1.53 bits per heavy atom. The first-order valence-corrected chi connectivity index (χ1v) is 27.6. The van der Waals surface area contributed by atoms with Gasteiger partial charge in [-0.3, -0.25) is 43.3 Å². The van der Waals surface area contributed by atoms with Crippen LogP contribution < -0.4 is 43.4 Å². The van der Waals surface area contributed by atoms with Crippen molar-refractivity contribution in [3.63, 3.8) is 0 Å². The number of nitrogens with one attached hydrogen (secondary N) is 6. The van der Waals surface area contributed by atoms with Crippen molar-refractivity contribution < 1.29 is 38.4 Å². The lowest BCUT2D eigenvalue weighted by Crippen LogP contribution is -2.56. The average molecular weight is 1080 g/mol. The number of nitrogens with two attached hydrogens (primary N) is 2. The molecule has 7 rings (SSSR count). The van der Waals surface area contributed by atoms with Crippen molar-refractivity contribution in [3.8, 4) is 0 Å². The SMILES string of the molecule is CCc1nc2cc3ccccc3cc2cc1C(=O)N[C@@H](C/C=C/CC(NC(C)=O)C(=O)N1CCC[C@H]1C(=O)N[C@@H](Cc1ccccc1)C(=O)NCCCN)C(=O)N1CCC[C@H]1C(=O)N[C@@H](Cc1ccccc1)C(=O)NCCCN. The summed E-state index contributed by atoms with van der Waals surface area (Å²) in [7, 11) is 0. The first-order valence-electron chi connectivity index (χ1n) is 27.6. The van der Waals surface area contributed by atoms with E-state index in [1.165, 1.54) is 16.7 Å². The van der Waals surface area contributed by atoms with E-state index in [-0.39, 0.29) is 56.2 Å². The molecule has 1 aromatic heterocycles. The molecule has 10 N–H and O–H groups in total. The number of fused-ring (bicyclic) bond motifs is 2. The van der Waals surface area contributed by atoms with E-state index in [9.17, 15) is 38.4 Å². The van der Waals surface area contributed by atoms with E-state index in [4.69, 9.17) is 16.5 Å². The molecule has 2 aliphatic heterocycles. The zero-order valence-corrected chi connectivity index (χ0v) is 45.2. The topological polar surface area (TPSA) is 280 Å². The summed E-state index contributed by atoms with van der Waals surface area (Å²) in [5.41, 5.74) is 14.5. The predicted octanol–water partition coefficient (Wildman–Crippen LogP) is 3.26. The zero-order valence-electron chi connectivity index (χ0n) is 45.2. The van der Waals surface area contributed by atoms with Gasteiger partial charge in [0.05, 0.1) is 16.8 Å². The Bertz CT molecular complexity index is 2970. The number of carbonyl (C=O) groups excluding carboxylic acids is 8. The van der Waals surface area contributed by atoms with Crippen LogP contribution in [0, 0.1) is 0 Å². The second-order valence-corrected chi connectivity index (χ2v) is 20.2. The Labute approximate surface area is 461 Å². The first kappa shape index (κ1) is 58.6. The lowest BCUT2D eigenvalue weighted by molar-refractivity contribution is -0.141. The molecule has 0 spiro atoms. The fourth-order valence-electron chi connectivity index (χ4n) is 10.3. The van der Waals surface area contributed by atoms with Gasteiger partial charge in [-0.15, -0.1) is 0 Å². The van der Waals surface area contributed by atoms with E-state index in [1.54, 1.807) is 18.2 Å². The van der Waals surface area contributed by atoms with Gasteiger partial charge in [-0.2, -0.15) is 0 Å². The number of carbonyl (C=O) groups is 8. The summed E-state index contributed by atoms with van der Waals surface area (Å²) >= 11 is 0. The molecule has 0 saturated carbocycles. The normalized spacial score (nSPS) is 16.7. The van der Waals surface area contributed by atoms with Gasteiger partial charge in [-0.05, 0) is 111 Å². The highest BCUT2D eigenvalue weighted by Gasteiger charge is 2.41. The van der Waals surface area contributed by atoms with Crippen LogP contribution in [-0.4, -0.2) is 138 Å². The molecule has 3 heterocycles. The number of hydrogen-bond acceptors (Lipinski definition) is 11. The first-order chi connectivity index (χ1) is 38.3. The average Bonchev–Trinajstić information content (AvgIpc) is 4.19. The van der Waals surface area contributed by atoms with Crippen LogP contribution >= 0.6 is 0 Å². The maximum atomic E-state index is 15.0. The molecule has 19 heteroatoms. The fourth-order valence-corrected chi connectivity index (χ4v) is 10.3. The van der Waals surface area contributed by atoms with Crippen molar-refractivity contribution in [2.24, 2.45) is 11.5 Å². The third-order valence-electron chi connectivity index (χ3n) is 14.4. The summed E-state index contributed by atoms with van der Waals surface area (Å²) in [5, 5.41) is 19.9. The zero-order chi connectivity index (χ0) is 56.3. The van der Waals surface area contributed by atoms with Crippen molar-refractivity contribution in [2.45, 2.75) is 121 Å². The van der Waals surface area contributed by atoms with E-state index in [0.717, 1.165) is 27.3 Å². The number of aryl methyl sites for hydroxylation is 1. The van der Waals surface area contributed by atoms with E-state index >= 15 is 0 Å². The van der Waals surface area contributed by atoms with Crippen molar-refractivity contribution in [1.29, 1.82) is 0 Å². The van der Waals surface area contributed by atoms with Crippen LogP contribution in [-0.2, 0) is 52.8 Å². The summed E-state index contributed by atoms with van der Waals surface area (Å²) in [6.45, 7) is 5.04. The molecule has 8 amide bonds. The molecule has 0 bridgehead atoms. The number of rotatable bonds is 26. The van der Waals surface area contributed by atoms with Gasteiger partial charge in [0.1, 0.15) is 36.3 Å². The van der Waals surface area contributed by atoms with Gasteiger partial charge < -0.3 is 53.2 Å². The van der Waals surface area contributed by atoms with E-state index in [1.807, 2.05) is 104 Å². The number of likely N-dealkylation sites (tertiary alicyclic amines) is 2. The Morgan fingerprint density at radius 1 is 0.595 bits per heavy atom. The quantitative estimate of drug-likeness (QED) is 0.0226. The van der Waals surface area contributed by atoms with Crippen molar-refractivity contribution in [2.75, 3.05) is 39.3 Å². The molecule has 0 radical (unpaired) electrons. The van der Waals surface area contributed by atoms with Crippen LogP contribution in [0.15, 0.2) is 115 Å². The van der Waals surface area contributed by atoms with Crippen molar-refractivity contribution in [1.82, 2.24) is 46.7 Å². The second kappa shape index (κ2) is 29.1. The molecular formula is C60H75N11O8. The van der Waals surface area contributed by atoms with Gasteiger partial charge in [-0.1, -0.05) is 104 Å². The Hall–Kier alpha value is -8.03. The van der Waals surface area contributed by atoms with Crippen LogP contribution in [0.25, 0.3) is 21.7 Å². The number of nitrogens with zero attached hydrogens (tertiary/aromatic N) is 3. The molecule has 1 unspecified atom stereocenters. The van der Waals surface area contributed by atoms with Crippen molar-refractivity contribution in [3.05, 3.63) is 138 Å². The van der Waals surface area contributed by atoms with Crippen LogP contribution in [0.4, 0.5) is 0 Å². The predicted molar refractivity (Wildman–Crippen MR) is 303 cm³/mol. The molecule has 0 aliphatic carbocycles. The fraction of sp³-hybridized carbons (Fsp3) is 0.417. The Morgan fingerprint density at radius 2 is 1.06 bits per heavy atom. The minimum Gasteiger partial charge on any atom is -0.354 e. The molecule has 79 heavy (non-hydrogen) atoms. The highest BCUT2D eigenvalue weighted by atomic mass is 16.2. The largest absolute Gasteiger partial charge is 0.354 e. The Kier molecular flexibility index (Phi) is 21.6. The van der Waals surface area contributed by atoms with E-state index < -0.39 is 71.7 Å². The van der Waals surface area contributed by atoms with Crippen LogP contribution in [0.2, 0.25) is 0 Å². The van der Waals surface area contributed by atoms with Crippen molar-refractivity contribution >= 4 is 68.9 Å². The number of aromatic nitrogens is 1. The third-order valence-corrected chi connectivity index (χ3v) is 14.4.